The molecule has 1 N–H and O–H groups in total. The van der Waals surface area contributed by atoms with Crippen LogP contribution in [0.5, 0.6) is 5.75 Å². The lowest BCUT2D eigenvalue weighted by molar-refractivity contribution is 0.476. The van der Waals surface area contributed by atoms with E-state index in [1.54, 1.807) is 12.1 Å². The molecule has 0 spiro atoms. The molecule has 0 atom stereocenters. The SMILES string of the molecule is Cc1ccccc1-c1nc2c3cc(O)ccc3c3cccnc3n2c1-c1ccccc1C. The molecule has 0 fully saturated rings. The van der Waals surface area contributed by atoms with Gasteiger partial charge in [0, 0.05) is 28.1 Å². The average Bonchev–Trinajstić information content (AvgIpc) is 3.20. The van der Waals surface area contributed by atoms with Gasteiger partial charge < -0.3 is 5.11 Å². The third-order valence-corrected chi connectivity index (χ3v) is 6.21. The predicted molar refractivity (Wildman–Crippen MR) is 130 cm³/mol. The van der Waals surface area contributed by atoms with E-state index in [-0.39, 0.29) is 5.75 Å². The van der Waals surface area contributed by atoms with E-state index in [0.717, 1.165) is 55.5 Å². The third-order valence-electron chi connectivity index (χ3n) is 6.21. The molecule has 3 heterocycles. The van der Waals surface area contributed by atoms with Crippen LogP contribution in [0.1, 0.15) is 11.1 Å². The Kier molecular flexibility index (Phi) is 4.02. The summed E-state index contributed by atoms with van der Waals surface area (Å²) in [5, 5.41) is 13.3. The Labute approximate surface area is 185 Å². The van der Waals surface area contributed by atoms with Crippen LogP contribution in [0.15, 0.2) is 85.1 Å². The van der Waals surface area contributed by atoms with Crippen LogP contribution in [0.25, 0.3) is 50.0 Å². The normalized spacial score (nSPS) is 11.6. The first-order valence-corrected chi connectivity index (χ1v) is 10.7. The molecule has 6 rings (SSSR count). The van der Waals surface area contributed by atoms with Gasteiger partial charge in [-0.2, -0.15) is 0 Å². The molecule has 32 heavy (non-hydrogen) atoms. The second kappa shape index (κ2) is 6.92. The van der Waals surface area contributed by atoms with Crippen LogP contribution >= 0.6 is 0 Å². The number of fused-ring (bicyclic) bond motifs is 6. The van der Waals surface area contributed by atoms with Gasteiger partial charge in [-0.05, 0) is 60.7 Å². The van der Waals surface area contributed by atoms with E-state index in [1.165, 1.54) is 5.56 Å². The molecule has 0 aliphatic carbocycles. The molecule has 4 nitrogen and oxygen atoms in total. The molecule has 0 saturated carbocycles. The van der Waals surface area contributed by atoms with Crippen molar-refractivity contribution >= 4 is 27.5 Å². The van der Waals surface area contributed by atoms with Crippen molar-refractivity contribution in [3.05, 3.63) is 96.2 Å². The molecule has 3 aromatic carbocycles. The van der Waals surface area contributed by atoms with Crippen LogP contribution in [-0.2, 0) is 0 Å². The fourth-order valence-corrected chi connectivity index (χ4v) is 4.66. The van der Waals surface area contributed by atoms with Crippen molar-refractivity contribution < 1.29 is 5.11 Å². The minimum atomic E-state index is 0.223. The second-order valence-corrected chi connectivity index (χ2v) is 8.20. The molecule has 0 aliphatic rings. The molecule has 0 radical (unpaired) electrons. The van der Waals surface area contributed by atoms with Gasteiger partial charge in [-0.15, -0.1) is 0 Å². The molecular formula is C28H21N3O. The molecule has 0 saturated heterocycles. The van der Waals surface area contributed by atoms with Crippen molar-refractivity contribution in [3.63, 3.8) is 0 Å². The van der Waals surface area contributed by atoms with Crippen LogP contribution in [-0.4, -0.2) is 19.5 Å². The number of hydrogen-bond donors (Lipinski definition) is 1. The average molecular weight is 415 g/mol. The predicted octanol–water partition coefficient (Wildman–Crippen LogP) is 6.69. The minimum Gasteiger partial charge on any atom is -0.508 e. The maximum absolute atomic E-state index is 10.3. The third kappa shape index (κ3) is 2.63. The van der Waals surface area contributed by atoms with E-state index >= 15 is 0 Å². The number of phenolic OH excluding ortho intramolecular Hbond substituents is 1. The topological polar surface area (TPSA) is 50.4 Å². The summed E-state index contributed by atoms with van der Waals surface area (Å²) in [6, 6.07) is 26.2. The minimum absolute atomic E-state index is 0.223. The Balaban J connectivity index is 1.92. The zero-order valence-electron chi connectivity index (χ0n) is 17.9. The van der Waals surface area contributed by atoms with Crippen molar-refractivity contribution in [2.45, 2.75) is 13.8 Å². The molecule has 0 amide bonds. The lowest BCUT2D eigenvalue weighted by atomic mass is 9.98. The summed E-state index contributed by atoms with van der Waals surface area (Å²) < 4.78 is 2.15. The van der Waals surface area contributed by atoms with Crippen LogP contribution < -0.4 is 0 Å². The number of aryl methyl sites for hydroxylation is 2. The van der Waals surface area contributed by atoms with Gasteiger partial charge in [-0.3, -0.25) is 4.40 Å². The Morgan fingerprint density at radius 1 is 0.688 bits per heavy atom. The van der Waals surface area contributed by atoms with Crippen molar-refractivity contribution in [2.24, 2.45) is 0 Å². The smallest absolute Gasteiger partial charge is 0.147 e. The second-order valence-electron chi connectivity index (χ2n) is 8.20. The van der Waals surface area contributed by atoms with Gasteiger partial charge in [0.15, 0.2) is 0 Å². The number of nitrogens with zero attached hydrogens (tertiary/aromatic N) is 3. The molecule has 4 heteroatoms. The fourth-order valence-electron chi connectivity index (χ4n) is 4.66. The molecule has 0 bridgehead atoms. The van der Waals surface area contributed by atoms with Gasteiger partial charge in [-0.25, -0.2) is 9.97 Å². The largest absolute Gasteiger partial charge is 0.508 e. The molecule has 0 unspecified atom stereocenters. The first kappa shape index (κ1) is 18.6. The summed E-state index contributed by atoms with van der Waals surface area (Å²) >= 11 is 0. The lowest BCUT2D eigenvalue weighted by Crippen LogP contribution is -1.97. The Morgan fingerprint density at radius 3 is 2.16 bits per heavy atom. The van der Waals surface area contributed by atoms with E-state index in [9.17, 15) is 5.11 Å². The van der Waals surface area contributed by atoms with Crippen molar-refractivity contribution in [2.75, 3.05) is 0 Å². The maximum Gasteiger partial charge on any atom is 0.147 e. The lowest BCUT2D eigenvalue weighted by Gasteiger charge is -2.13. The highest BCUT2D eigenvalue weighted by Gasteiger charge is 2.22. The first-order chi connectivity index (χ1) is 15.6. The molecule has 6 aromatic rings. The maximum atomic E-state index is 10.3. The Bertz CT molecular complexity index is 1660. The number of imidazole rings is 1. The van der Waals surface area contributed by atoms with Gasteiger partial charge in [0.25, 0.3) is 0 Å². The fraction of sp³-hybridized carbons (Fsp3) is 0.0714. The molecule has 154 valence electrons. The number of benzene rings is 3. The van der Waals surface area contributed by atoms with Crippen molar-refractivity contribution in [1.82, 2.24) is 14.4 Å². The highest BCUT2D eigenvalue weighted by Crippen LogP contribution is 2.40. The first-order valence-electron chi connectivity index (χ1n) is 10.7. The summed E-state index contributed by atoms with van der Waals surface area (Å²) in [5.41, 5.74) is 8.11. The van der Waals surface area contributed by atoms with Gasteiger partial charge in [0.1, 0.15) is 17.0 Å². The van der Waals surface area contributed by atoms with E-state index in [4.69, 9.17) is 9.97 Å². The number of pyridine rings is 2. The number of rotatable bonds is 2. The Hall–Kier alpha value is -4.18. The van der Waals surface area contributed by atoms with Crippen LogP contribution in [0.2, 0.25) is 0 Å². The van der Waals surface area contributed by atoms with Gasteiger partial charge in [0.2, 0.25) is 0 Å². The summed E-state index contributed by atoms with van der Waals surface area (Å²) in [4.78, 5) is 9.98. The summed E-state index contributed by atoms with van der Waals surface area (Å²) in [6.45, 7) is 4.24. The van der Waals surface area contributed by atoms with E-state index < -0.39 is 0 Å². The van der Waals surface area contributed by atoms with E-state index in [0.29, 0.717) is 0 Å². The zero-order chi connectivity index (χ0) is 21.8. The quantitative estimate of drug-likeness (QED) is 0.320. The summed E-state index contributed by atoms with van der Waals surface area (Å²) in [6.07, 6.45) is 1.82. The van der Waals surface area contributed by atoms with Gasteiger partial charge in [-0.1, -0.05) is 48.5 Å². The van der Waals surface area contributed by atoms with E-state index in [1.807, 2.05) is 30.5 Å². The standard InChI is InChI=1S/C28H21N3O/c1-17-8-3-5-10-20(17)25-26(21-11-6-4-9-18(21)2)31-27-23(12-7-15-29-27)22-14-13-19(32)16-24(22)28(31)30-25/h3-16,32H,1-2H3. The number of phenols is 1. The van der Waals surface area contributed by atoms with Gasteiger partial charge >= 0.3 is 0 Å². The summed E-state index contributed by atoms with van der Waals surface area (Å²) in [5.74, 6) is 0.223. The zero-order valence-corrected chi connectivity index (χ0v) is 17.9. The monoisotopic (exact) mass is 415 g/mol. The van der Waals surface area contributed by atoms with Crippen LogP contribution in [0, 0.1) is 13.8 Å². The van der Waals surface area contributed by atoms with E-state index in [2.05, 4.69) is 60.7 Å². The van der Waals surface area contributed by atoms with Crippen LogP contribution in [0.4, 0.5) is 0 Å². The van der Waals surface area contributed by atoms with Crippen LogP contribution in [0.3, 0.4) is 0 Å². The molecular weight excluding hydrogens is 394 g/mol. The molecule has 0 aliphatic heterocycles. The molecule has 3 aromatic heterocycles. The number of hydrogen-bond acceptors (Lipinski definition) is 3. The summed E-state index contributed by atoms with van der Waals surface area (Å²) in [7, 11) is 0. The highest BCUT2D eigenvalue weighted by atomic mass is 16.3. The highest BCUT2D eigenvalue weighted by molar-refractivity contribution is 6.12. The Morgan fingerprint density at radius 2 is 1.41 bits per heavy atom. The number of aromatic nitrogens is 3. The van der Waals surface area contributed by atoms with Crippen molar-refractivity contribution in [3.8, 4) is 28.3 Å². The van der Waals surface area contributed by atoms with Crippen molar-refractivity contribution in [1.29, 1.82) is 0 Å². The number of aromatic hydroxyl groups is 1. The van der Waals surface area contributed by atoms with Gasteiger partial charge in [0.05, 0.1) is 11.4 Å².